The Kier molecular flexibility index (Phi) is 2.61. The Morgan fingerprint density at radius 2 is 2.31 bits per heavy atom. The van der Waals surface area contributed by atoms with Crippen molar-refractivity contribution in [3.05, 3.63) is 0 Å². The summed E-state index contributed by atoms with van der Waals surface area (Å²) in [6.07, 6.45) is 0. The SMILES string of the molecule is Nc1nc(NCC(F)(F)CO)n[nH]1. The zero-order chi connectivity index (χ0) is 9.90. The molecule has 0 aromatic carbocycles. The summed E-state index contributed by atoms with van der Waals surface area (Å²) in [6, 6.07) is 0. The molecule has 74 valence electrons. The number of nitrogens with zero attached hydrogens (tertiary/aromatic N) is 2. The van der Waals surface area contributed by atoms with E-state index in [-0.39, 0.29) is 11.9 Å². The molecule has 1 rings (SSSR count). The van der Waals surface area contributed by atoms with Crippen molar-refractivity contribution in [3.63, 3.8) is 0 Å². The summed E-state index contributed by atoms with van der Waals surface area (Å²) in [6.45, 7) is -1.96. The van der Waals surface area contributed by atoms with Gasteiger partial charge in [-0.1, -0.05) is 0 Å². The third-order valence-corrected chi connectivity index (χ3v) is 1.24. The predicted octanol–water partition coefficient (Wildman–Crippen LogP) is -0.574. The number of aromatic amines is 1. The molecule has 0 bridgehead atoms. The Labute approximate surface area is 72.2 Å². The lowest BCUT2D eigenvalue weighted by molar-refractivity contribution is -0.0373. The van der Waals surface area contributed by atoms with Crippen LogP contribution in [0.1, 0.15) is 0 Å². The third-order valence-electron chi connectivity index (χ3n) is 1.24. The monoisotopic (exact) mass is 193 g/mol. The number of nitrogens with one attached hydrogen (secondary N) is 2. The Morgan fingerprint density at radius 1 is 1.62 bits per heavy atom. The quantitative estimate of drug-likeness (QED) is 0.513. The van der Waals surface area contributed by atoms with Crippen LogP contribution < -0.4 is 11.1 Å². The van der Waals surface area contributed by atoms with Crippen LogP contribution in [0.15, 0.2) is 0 Å². The summed E-state index contributed by atoms with van der Waals surface area (Å²) in [4.78, 5) is 3.53. The zero-order valence-electron chi connectivity index (χ0n) is 6.59. The lowest BCUT2D eigenvalue weighted by Gasteiger charge is -2.12. The Morgan fingerprint density at radius 3 is 2.77 bits per heavy atom. The summed E-state index contributed by atoms with van der Waals surface area (Å²) < 4.78 is 24.9. The predicted molar refractivity (Wildman–Crippen MR) is 41.3 cm³/mol. The van der Waals surface area contributed by atoms with Crippen molar-refractivity contribution in [1.29, 1.82) is 0 Å². The number of nitrogens with two attached hydrogens (primary N) is 1. The van der Waals surface area contributed by atoms with E-state index in [1.807, 2.05) is 0 Å². The summed E-state index contributed by atoms with van der Waals surface area (Å²) in [5.74, 6) is -3.17. The fraction of sp³-hybridized carbons (Fsp3) is 0.600. The van der Waals surface area contributed by atoms with Gasteiger partial charge in [-0.05, 0) is 0 Å². The molecule has 0 aliphatic rings. The molecule has 0 saturated carbocycles. The second-order valence-electron chi connectivity index (χ2n) is 2.41. The van der Waals surface area contributed by atoms with E-state index in [9.17, 15) is 8.78 Å². The highest BCUT2D eigenvalue weighted by molar-refractivity contribution is 5.29. The number of alkyl halides is 2. The van der Waals surface area contributed by atoms with E-state index < -0.39 is 19.1 Å². The van der Waals surface area contributed by atoms with Gasteiger partial charge < -0.3 is 16.2 Å². The first-order valence-electron chi connectivity index (χ1n) is 3.44. The van der Waals surface area contributed by atoms with Gasteiger partial charge in [-0.15, -0.1) is 5.10 Å². The van der Waals surface area contributed by atoms with Crippen LogP contribution >= 0.6 is 0 Å². The molecule has 1 heterocycles. The van der Waals surface area contributed by atoms with Gasteiger partial charge in [0.15, 0.2) is 0 Å². The molecule has 13 heavy (non-hydrogen) atoms. The van der Waals surface area contributed by atoms with Gasteiger partial charge in [0.25, 0.3) is 5.92 Å². The van der Waals surface area contributed by atoms with Crippen LogP contribution in [0, 0.1) is 0 Å². The highest BCUT2D eigenvalue weighted by Gasteiger charge is 2.27. The molecule has 0 radical (unpaired) electrons. The first-order chi connectivity index (χ1) is 6.03. The molecule has 1 aromatic heterocycles. The topological polar surface area (TPSA) is 99.8 Å². The van der Waals surface area contributed by atoms with Crippen LogP contribution in [0.3, 0.4) is 0 Å². The van der Waals surface area contributed by atoms with E-state index in [2.05, 4.69) is 20.5 Å². The normalized spacial score (nSPS) is 11.6. The van der Waals surface area contributed by atoms with Crippen molar-refractivity contribution >= 4 is 11.9 Å². The number of hydrogen-bond acceptors (Lipinski definition) is 5. The minimum Gasteiger partial charge on any atom is -0.390 e. The molecule has 5 N–H and O–H groups in total. The Balaban J connectivity index is 2.43. The highest BCUT2D eigenvalue weighted by Crippen LogP contribution is 2.12. The van der Waals surface area contributed by atoms with Gasteiger partial charge in [0.05, 0.1) is 6.54 Å². The second-order valence-corrected chi connectivity index (χ2v) is 2.41. The van der Waals surface area contributed by atoms with Crippen LogP contribution in [0.2, 0.25) is 0 Å². The fourth-order valence-electron chi connectivity index (χ4n) is 0.618. The van der Waals surface area contributed by atoms with Crippen LogP contribution in [0.25, 0.3) is 0 Å². The van der Waals surface area contributed by atoms with E-state index in [0.29, 0.717) is 0 Å². The second kappa shape index (κ2) is 3.52. The maximum Gasteiger partial charge on any atom is 0.287 e. The molecule has 6 nitrogen and oxygen atoms in total. The number of aliphatic hydroxyl groups is 1. The van der Waals surface area contributed by atoms with E-state index in [4.69, 9.17) is 10.8 Å². The maximum atomic E-state index is 12.4. The molecule has 1 aromatic rings. The van der Waals surface area contributed by atoms with Crippen molar-refractivity contribution in [3.8, 4) is 0 Å². The molecule has 0 atom stereocenters. The van der Waals surface area contributed by atoms with Crippen molar-refractivity contribution in [2.24, 2.45) is 0 Å². The van der Waals surface area contributed by atoms with Crippen molar-refractivity contribution in [2.75, 3.05) is 24.2 Å². The van der Waals surface area contributed by atoms with Gasteiger partial charge in [-0.3, -0.25) is 0 Å². The zero-order valence-corrected chi connectivity index (χ0v) is 6.59. The molecule has 8 heteroatoms. The average molecular weight is 193 g/mol. The standard InChI is InChI=1S/C5H9F2N5O/c6-5(7,2-13)1-9-4-10-3(8)11-12-4/h13H,1-2H2,(H4,8,9,10,11,12). The van der Waals surface area contributed by atoms with Gasteiger partial charge in [-0.2, -0.15) is 4.98 Å². The Bertz CT molecular complexity index is 276. The number of hydrogen-bond donors (Lipinski definition) is 4. The molecule has 0 fully saturated rings. The van der Waals surface area contributed by atoms with Crippen molar-refractivity contribution in [1.82, 2.24) is 15.2 Å². The van der Waals surface area contributed by atoms with Crippen LogP contribution in [0.4, 0.5) is 20.7 Å². The van der Waals surface area contributed by atoms with Crippen LogP contribution in [-0.4, -0.2) is 39.4 Å². The van der Waals surface area contributed by atoms with Gasteiger partial charge >= 0.3 is 0 Å². The third kappa shape index (κ3) is 2.82. The number of aromatic nitrogens is 3. The summed E-state index contributed by atoms with van der Waals surface area (Å²) >= 11 is 0. The fourth-order valence-corrected chi connectivity index (χ4v) is 0.618. The largest absolute Gasteiger partial charge is 0.390 e. The number of H-pyrrole nitrogens is 1. The summed E-state index contributed by atoms with van der Waals surface area (Å²) in [7, 11) is 0. The molecular formula is C5H9F2N5O. The van der Waals surface area contributed by atoms with E-state index in [0.717, 1.165) is 0 Å². The molecular weight excluding hydrogens is 184 g/mol. The van der Waals surface area contributed by atoms with Gasteiger partial charge in [0.1, 0.15) is 6.61 Å². The number of halogens is 2. The number of nitrogen functional groups attached to an aromatic ring is 1. The van der Waals surface area contributed by atoms with Gasteiger partial charge in [-0.25, -0.2) is 13.9 Å². The first kappa shape index (κ1) is 9.65. The lowest BCUT2D eigenvalue weighted by atomic mass is 10.3. The molecule has 0 saturated heterocycles. The summed E-state index contributed by atoms with van der Waals surface area (Å²) in [5.41, 5.74) is 5.14. The smallest absolute Gasteiger partial charge is 0.287 e. The van der Waals surface area contributed by atoms with E-state index in [1.54, 1.807) is 0 Å². The van der Waals surface area contributed by atoms with Gasteiger partial charge in [0.2, 0.25) is 11.9 Å². The summed E-state index contributed by atoms with van der Waals surface area (Å²) in [5, 5.41) is 16.2. The van der Waals surface area contributed by atoms with Crippen LogP contribution in [-0.2, 0) is 0 Å². The number of anilines is 2. The van der Waals surface area contributed by atoms with Crippen molar-refractivity contribution in [2.45, 2.75) is 5.92 Å². The van der Waals surface area contributed by atoms with E-state index >= 15 is 0 Å². The minimum absolute atomic E-state index is 0.0226. The van der Waals surface area contributed by atoms with Gasteiger partial charge in [0, 0.05) is 0 Å². The first-order valence-corrected chi connectivity index (χ1v) is 3.44. The lowest BCUT2D eigenvalue weighted by Crippen LogP contribution is -2.31. The average Bonchev–Trinajstić information content (AvgIpc) is 2.48. The highest BCUT2D eigenvalue weighted by atomic mass is 19.3. The number of rotatable bonds is 4. The van der Waals surface area contributed by atoms with E-state index in [1.165, 1.54) is 0 Å². The number of aliphatic hydroxyl groups excluding tert-OH is 1. The molecule has 0 spiro atoms. The minimum atomic E-state index is -3.19. The van der Waals surface area contributed by atoms with Crippen LogP contribution in [0.5, 0.6) is 0 Å². The molecule has 0 aliphatic carbocycles. The Hall–Kier alpha value is -1.44. The molecule has 0 unspecified atom stereocenters. The molecule has 0 aliphatic heterocycles. The van der Waals surface area contributed by atoms with Crippen molar-refractivity contribution < 1.29 is 13.9 Å². The molecule has 0 amide bonds. The maximum absolute atomic E-state index is 12.4.